The lowest BCUT2D eigenvalue weighted by Gasteiger charge is -2.35. The number of aromatic nitrogens is 1. The van der Waals surface area contributed by atoms with Crippen molar-refractivity contribution in [2.45, 2.75) is 51.5 Å². The Morgan fingerprint density at radius 1 is 0.500 bits per heavy atom. The highest BCUT2D eigenvalue weighted by molar-refractivity contribution is 6.37. The van der Waals surface area contributed by atoms with Gasteiger partial charge in [0.05, 0.1) is 28.8 Å². The van der Waals surface area contributed by atoms with E-state index in [-0.39, 0.29) is 11.5 Å². The van der Waals surface area contributed by atoms with Gasteiger partial charge in [0.15, 0.2) is 11.2 Å². The molecule has 2 aliphatic carbocycles. The zero-order valence-electron chi connectivity index (χ0n) is 55.3. The molecule has 0 saturated heterocycles. The fraction of sp³-hybridized carbons (Fsp3) is 0.0978. The number of rotatable bonds is 9. The highest BCUT2D eigenvalue weighted by Gasteiger charge is 2.40. The van der Waals surface area contributed by atoms with Crippen LogP contribution >= 0.6 is 0 Å². The number of furan rings is 2. The van der Waals surface area contributed by atoms with Crippen molar-refractivity contribution in [3.63, 3.8) is 0 Å². The monoisotopic (exact) mass is 1260 g/mol. The summed E-state index contributed by atoms with van der Waals surface area (Å²) in [4.78, 5) is 12.9. The first-order valence-corrected chi connectivity index (χ1v) is 34.1. The molecule has 1 unspecified atom stereocenters. The second-order valence-electron chi connectivity index (χ2n) is 28.2. The molecular formula is C92H68N4O2. The summed E-state index contributed by atoms with van der Waals surface area (Å²) in [5, 5.41) is 10.7. The van der Waals surface area contributed by atoms with E-state index in [1.165, 1.54) is 60.9 Å². The SMILES string of the molecule is CC(C)(C)c1cc2cc(N(c3cc(-c4ccccc4)ccn3)c3cccc4c3C(C)(C)c3ccccc3-4)c3cc(N4C=CC=C(c5ccccc5)C4)c4oc5c(N6C=C(c7cccc8ccccc78)C=C7C=CC=CC76)cccc5c4c3c2c2oc3cccc(-c4ccccc4)c3c12. The Morgan fingerprint density at radius 2 is 1.20 bits per heavy atom. The van der Waals surface area contributed by atoms with E-state index in [1.807, 2.05) is 6.20 Å². The van der Waals surface area contributed by atoms with Gasteiger partial charge in [-0.1, -0.05) is 259 Å². The van der Waals surface area contributed by atoms with E-state index in [9.17, 15) is 0 Å². The highest BCUT2D eigenvalue weighted by atomic mass is 16.3. The average molecular weight is 1260 g/mol. The van der Waals surface area contributed by atoms with E-state index in [0.717, 1.165) is 122 Å². The maximum Gasteiger partial charge on any atom is 0.159 e. The molecule has 1 atom stereocenters. The van der Waals surface area contributed by atoms with E-state index in [1.54, 1.807) is 0 Å². The van der Waals surface area contributed by atoms with Crippen molar-refractivity contribution in [2.75, 3.05) is 21.2 Å². The number of nitrogens with zero attached hydrogens (tertiary/aromatic N) is 4. The first-order chi connectivity index (χ1) is 48.0. The summed E-state index contributed by atoms with van der Waals surface area (Å²) >= 11 is 0. The quantitative estimate of drug-likeness (QED) is 0.134. The van der Waals surface area contributed by atoms with E-state index >= 15 is 0 Å². The molecule has 2 aliphatic heterocycles. The van der Waals surface area contributed by atoms with Gasteiger partial charge in [-0.25, -0.2) is 4.98 Å². The Balaban J connectivity index is 0.991. The fourth-order valence-electron chi connectivity index (χ4n) is 16.6. The molecule has 0 spiro atoms. The van der Waals surface area contributed by atoms with E-state index in [2.05, 4.69) is 347 Å². The van der Waals surface area contributed by atoms with Crippen LogP contribution in [0.15, 0.2) is 318 Å². The van der Waals surface area contributed by atoms with Crippen LogP contribution in [0.25, 0.3) is 121 Å². The molecule has 4 aliphatic rings. The summed E-state index contributed by atoms with van der Waals surface area (Å²) in [5.74, 6) is 0.797. The molecule has 0 saturated carbocycles. The third-order valence-electron chi connectivity index (χ3n) is 21.0. The summed E-state index contributed by atoms with van der Waals surface area (Å²) in [5.41, 5.74) is 23.0. The molecule has 0 fully saturated rings. The molecule has 6 nitrogen and oxygen atoms in total. The molecule has 12 aromatic carbocycles. The number of anilines is 5. The van der Waals surface area contributed by atoms with Gasteiger partial charge in [-0.15, -0.1) is 0 Å². The van der Waals surface area contributed by atoms with Gasteiger partial charge in [-0.05, 0) is 160 Å². The van der Waals surface area contributed by atoms with Gasteiger partial charge in [0, 0.05) is 68.3 Å². The molecule has 5 heterocycles. The summed E-state index contributed by atoms with van der Waals surface area (Å²) in [7, 11) is 0. The topological polar surface area (TPSA) is 48.9 Å². The number of benzene rings is 12. The van der Waals surface area contributed by atoms with Gasteiger partial charge in [-0.2, -0.15) is 0 Å². The molecule has 0 radical (unpaired) electrons. The highest BCUT2D eigenvalue weighted by Crippen LogP contribution is 2.58. The number of fused-ring (bicyclic) bond motifs is 16. The van der Waals surface area contributed by atoms with E-state index < -0.39 is 5.41 Å². The predicted octanol–water partition coefficient (Wildman–Crippen LogP) is 24.4. The lowest BCUT2D eigenvalue weighted by molar-refractivity contribution is 0.595. The van der Waals surface area contributed by atoms with Crippen LogP contribution in [0.3, 0.4) is 0 Å². The molecule has 15 aromatic rings. The lowest BCUT2D eigenvalue weighted by Crippen LogP contribution is -2.33. The van der Waals surface area contributed by atoms with Gasteiger partial charge < -0.3 is 18.6 Å². The van der Waals surface area contributed by atoms with Crippen LogP contribution in [0, 0.1) is 0 Å². The standard InChI is InChI=1S/C92H68N4O2/c1-91(2,3)74-51-64-52-78(96(81-53-61(47-48-93-81)57-26-9-6-10-27-57)76-44-22-40-70-69-37-18-19-42-73(69)92(4,5)87(70)76)72-54-79(94-49-25-35-63(55-94)58-28-11-7-12-29-58)89-85(84(72)82(64)90-86(74)83-68(39-24-46-80(83)97-90)60-30-13-8-14-31-60)71-41-23-45-77(88(71)98-89)95-56-65(50-62-33-16-20-43-75(62)95)67-38-21-34-59-32-15-17-36-66(59)67/h6-54,56,75H,55H2,1-5H3. The van der Waals surface area contributed by atoms with Gasteiger partial charge in [0.2, 0.25) is 0 Å². The van der Waals surface area contributed by atoms with Crippen molar-refractivity contribution < 1.29 is 8.83 Å². The third-order valence-corrected chi connectivity index (χ3v) is 21.0. The van der Waals surface area contributed by atoms with Gasteiger partial charge in [-0.3, -0.25) is 4.90 Å². The molecule has 0 N–H and O–H groups in total. The first kappa shape index (κ1) is 57.5. The molecule has 468 valence electrons. The molecule has 0 bridgehead atoms. The molecule has 98 heavy (non-hydrogen) atoms. The summed E-state index contributed by atoms with van der Waals surface area (Å²) < 4.78 is 15.7. The van der Waals surface area contributed by atoms with Crippen LogP contribution in [-0.2, 0) is 10.8 Å². The summed E-state index contributed by atoms with van der Waals surface area (Å²) in [6, 6.07) is 88.5. The van der Waals surface area contributed by atoms with Crippen LogP contribution in [0.4, 0.5) is 28.6 Å². The Bertz CT molecular complexity index is 6040. The zero-order valence-corrected chi connectivity index (χ0v) is 55.3. The lowest BCUT2D eigenvalue weighted by atomic mass is 9.80. The number of hydrogen-bond acceptors (Lipinski definition) is 6. The number of hydrogen-bond donors (Lipinski definition) is 0. The molecule has 19 rings (SSSR count). The smallest absolute Gasteiger partial charge is 0.159 e. The van der Waals surface area contributed by atoms with Crippen molar-refractivity contribution in [2.24, 2.45) is 0 Å². The summed E-state index contributed by atoms with van der Waals surface area (Å²) in [6.07, 6.45) is 22.3. The van der Waals surface area contributed by atoms with Crippen molar-refractivity contribution in [3.05, 3.63) is 337 Å². The second-order valence-corrected chi connectivity index (χ2v) is 28.2. The van der Waals surface area contributed by atoms with Crippen LogP contribution in [-0.4, -0.2) is 17.6 Å². The Morgan fingerprint density at radius 3 is 2.04 bits per heavy atom. The van der Waals surface area contributed by atoms with E-state index in [0.29, 0.717) is 6.54 Å². The maximum atomic E-state index is 8.01. The van der Waals surface area contributed by atoms with Crippen LogP contribution in [0.5, 0.6) is 0 Å². The van der Waals surface area contributed by atoms with Crippen molar-refractivity contribution in [3.8, 4) is 33.4 Å². The van der Waals surface area contributed by atoms with Gasteiger partial charge in [0.1, 0.15) is 17.0 Å². The van der Waals surface area contributed by atoms with Crippen molar-refractivity contribution in [1.29, 1.82) is 0 Å². The molecular weight excluding hydrogens is 1190 g/mol. The fourth-order valence-corrected chi connectivity index (χ4v) is 16.6. The van der Waals surface area contributed by atoms with Crippen LogP contribution < -0.4 is 14.7 Å². The number of allylic oxidation sites excluding steroid dienone is 6. The number of para-hydroxylation sites is 1. The second kappa shape index (κ2) is 22.0. The molecule has 6 heteroatoms. The Labute approximate surface area is 569 Å². The third kappa shape index (κ3) is 8.90. The molecule has 0 amide bonds. The number of pyridine rings is 1. The van der Waals surface area contributed by atoms with Crippen molar-refractivity contribution >= 4 is 116 Å². The van der Waals surface area contributed by atoms with E-state index in [4.69, 9.17) is 13.8 Å². The zero-order chi connectivity index (χ0) is 65.5. The van der Waals surface area contributed by atoms with Crippen LogP contribution in [0.1, 0.15) is 62.4 Å². The van der Waals surface area contributed by atoms with Crippen molar-refractivity contribution in [1.82, 2.24) is 4.98 Å². The van der Waals surface area contributed by atoms with Crippen LogP contribution in [0.2, 0.25) is 0 Å². The van der Waals surface area contributed by atoms with Gasteiger partial charge >= 0.3 is 0 Å². The largest absolute Gasteiger partial charge is 0.455 e. The molecule has 3 aromatic heterocycles. The Kier molecular flexibility index (Phi) is 12.9. The normalized spacial score (nSPS) is 15.6. The minimum atomic E-state index is -0.399. The first-order valence-electron chi connectivity index (χ1n) is 34.1. The van der Waals surface area contributed by atoms with Gasteiger partial charge in [0.25, 0.3) is 0 Å². The minimum absolute atomic E-state index is 0.106. The minimum Gasteiger partial charge on any atom is -0.455 e. The maximum absolute atomic E-state index is 8.01. The predicted molar refractivity (Wildman–Crippen MR) is 411 cm³/mol. The Hall–Kier alpha value is -12.0. The average Bonchev–Trinajstić information content (AvgIpc) is 1.74. The summed E-state index contributed by atoms with van der Waals surface area (Å²) in [6.45, 7) is 12.4.